The molecule has 1 aliphatic rings. The van der Waals surface area contributed by atoms with Gasteiger partial charge >= 0.3 is 0 Å². The number of carbonyl (C=O) groups is 2. The lowest BCUT2D eigenvalue weighted by Crippen LogP contribution is -2.58. The van der Waals surface area contributed by atoms with Crippen LogP contribution in [0.15, 0.2) is 73.1 Å². The molecule has 0 bridgehead atoms. The summed E-state index contributed by atoms with van der Waals surface area (Å²) in [4.78, 5) is 27.2. The number of hydrogen-bond acceptors (Lipinski definition) is 3. The Bertz CT molecular complexity index is 953. The standard InChI is InChI=1S/C22H22N4O2/c27-21-20(13-17-7-3-1-4-8-17)26(12-11-23-21)22(28)19-14-24-25(16-19)15-18-9-5-2-6-10-18/h1-10,14,16,20H,11-13,15H2,(H,23,27). The summed E-state index contributed by atoms with van der Waals surface area (Å²) in [5, 5.41) is 7.20. The lowest BCUT2D eigenvalue weighted by molar-refractivity contribution is -0.127. The molecule has 0 spiro atoms. The summed E-state index contributed by atoms with van der Waals surface area (Å²) in [7, 11) is 0. The summed E-state index contributed by atoms with van der Waals surface area (Å²) in [5.74, 6) is -0.268. The molecule has 0 aliphatic carbocycles. The van der Waals surface area contributed by atoms with Gasteiger partial charge in [0, 0.05) is 25.7 Å². The summed E-state index contributed by atoms with van der Waals surface area (Å²) < 4.78 is 1.75. The molecule has 1 unspecified atom stereocenters. The molecular formula is C22H22N4O2. The third kappa shape index (κ3) is 3.96. The van der Waals surface area contributed by atoms with Gasteiger partial charge in [-0.15, -0.1) is 0 Å². The Morgan fingerprint density at radius 3 is 2.43 bits per heavy atom. The van der Waals surface area contributed by atoms with E-state index in [1.807, 2.05) is 60.7 Å². The van der Waals surface area contributed by atoms with Gasteiger partial charge in [-0.25, -0.2) is 0 Å². The number of aromatic nitrogens is 2. The van der Waals surface area contributed by atoms with Crippen molar-refractivity contribution in [2.45, 2.75) is 19.0 Å². The average Bonchev–Trinajstić information content (AvgIpc) is 3.19. The van der Waals surface area contributed by atoms with Gasteiger partial charge in [-0.3, -0.25) is 14.3 Å². The minimum Gasteiger partial charge on any atom is -0.353 e. The zero-order valence-corrected chi connectivity index (χ0v) is 15.5. The smallest absolute Gasteiger partial charge is 0.257 e. The quantitative estimate of drug-likeness (QED) is 0.744. The number of carbonyl (C=O) groups excluding carboxylic acids is 2. The number of piperazine rings is 1. The van der Waals surface area contributed by atoms with Crippen LogP contribution in [0.25, 0.3) is 0 Å². The number of benzene rings is 2. The Morgan fingerprint density at radius 1 is 1.04 bits per heavy atom. The molecule has 0 radical (unpaired) electrons. The maximum Gasteiger partial charge on any atom is 0.257 e. The second kappa shape index (κ2) is 8.08. The van der Waals surface area contributed by atoms with Gasteiger partial charge in [0.05, 0.1) is 18.3 Å². The molecule has 2 heterocycles. The molecule has 4 rings (SSSR count). The number of nitrogens with zero attached hydrogens (tertiary/aromatic N) is 3. The van der Waals surface area contributed by atoms with Crippen molar-refractivity contribution in [2.75, 3.05) is 13.1 Å². The van der Waals surface area contributed by atoms with Crippen LogP contribution in [-0.2, 0) is 17.8 Å². The lowest BCUT2D eigenvalue weighted by atomic mass is 10.0. The van der Waals surface area contributed by atoms with E-state index in [1.165, 1.54) is 0 Å². The Labute approximate surface area is 163 Å². The van der Waals surface area contributed by atoms with Crippen LogP contribution in [0.1, 0.15) is 21.5 Å². The van der Waals surface area contributed by atoms with Crippen molar-refractivity contribution in [3.63, 3.8) is 0 Å². The van der Waals surface area contributed by atoms with E-state index < -0.39 is 6.04 Å². The van der Waals surface area contributed by atoms with Gasteiger partial charge in [0.2, 0.25) is 5.91 Å². The van der Waals surface area contributed by atoms with Gasteiger partial charge in [0.15, 0.2) is 0 Å². The van der Waals surface area contributed by atoms with Gasteiger partial charge in [-0.1, -0.05) is 60.7 Å². The Hall–Kier alpha value is -3.41. The van der Waals surface area contributed by atoms with Crippen molar-refractivity contribution in [1.29, 1.82) is 0 Å². The van der Waals surface area contributed by atoms with Gasteiger partial charge < -0.3 is 10.2 Å². The topological polar surface area (TPSA) is 67.2 Å². The van der Waals surface area contributed by atoms with Crippen LogP contribution in [-0.4, -0.2) is 45.6 Å². The minimum atomic E-state index is -0.513. The number of hydrogen-bond donors (Lipinski definition) is 1. The highest BCUT2D eigenvalue weighted by atomic mass is 16.2. The lowest BCUT2D eigenvalue weighted by Gasteiger charge is -2.35. The second-order valence-electron chi connectivity index (χ2n) is 6.91. The summed E-state index contributed by atoms with van der Waals surface area (Å²) in [6.07, 6.45) is 3.83. The first-order valence-electron chi connectivity index (χ1n) is 9.40. The largest absolute Gasteiger partial charge is 0.353 e. The average molecular weight is 374 g/mol. The van der Waals surface area contributed by atoms with Crippen LogP contribution in [0.2, 0.25) is 0 Å². The van der Waals surface area contributed by atoms with E-state index in [1.54, 1.807) is 22.0 Å². The highest BCUT2D eigenvalue weighted by Gasteiger charge is 2.34. The normalized spacial score (nSPS) is 16.6. The van der Waals surface area contributed by atoms with Crippen LogP contribution in [0.5, 0.6) is 0 Å². The number of nitrogens with one attached hydrogen (secondary N) is 1. The van der Waals surface area contributed by atoms with E-state index in [0.717, 1.165) is 11.1 Å². The fraction of sp³-hybridized carbons (Fsp3) is 0.227. The number of rotatable bonds is 5. The van der Waals surface area contributed by atoms with Gasteiger partial charge in [-0.05, 0) is 11.1 Å². The van der Waals surface area contributed by atoms with Gasteiger partial charge in [0.1, 0.15) is 6.04 Å². The first-order valence-corrected chi connectivity index (χ1v) is 9.40. The fourth-order valence-electron chi connectivity index (χ4n) is 3.49. The molecule has 28 heavy (non-hydrogen) atoms. The Morgan fingerprint density at radius 2 is 1.71 bits per heavy atom. The maximum absolute atomic E-state index is 13.1. The SMILES string of the molecule is O=C1NCCN(C(=O)c2cnn(Cc3ccccc3)c2)C1Cc1ccccc1. The van der Waals surface area contributed by atoms with E-state index in [4.69, 9.17) is 0 Å². The fourth-order valence-corrected chi connectivity index (χ4v) is 3.49. The van der Waals surface area contributed by atoms with E-state index in [-0.39, 0.29) is 11.8 Å². The van der Waals surface area contributed by atoms with Crippen molar-refractivity contribution in [1.82, 2.24) is 20.0 Å². The molecule has 3 aromatic rings. The predicted molar refractivity (Wildman–Crippen MR) is 106 cm³/mol. The molecule has 1 N–H and O–H groups in total. The monoisotopic (exact) mass is 374 g/mol. The molecule has 1 aromatic heterocycles. The highest BCUT2D eigenvalue weighted by molar-refractivity contribution is 5.98. The molecule has 2 amide bonds. The van der Waals surface area contributed by atoms with Crippen molar-refractivity contribution < 1.29 is 9.59 Å². The Kier molecular flexibility index (Phi) is 5.19. The van der Waals surface area contributed by atoms with Gasteiger partial charge in [-0.2, -0.15) is 5.10 Å². The summed E-state index contributed by atoms with van der Waals surface area (Å²) in [6.45, 7) is 1.56. The molecule has 1 fully saturated rings. The van der Waals surface area contributed by atoms with Crippen LogP contribution < -0.4 is 5.32 Å². The van der Waals surface area contributed by atoms with Gasteiger partial charge in [0.25, 0.3) is 5.91 Å². The molecule has 1 atom stereocenters. The molecule has 6 heteroatoms. The van der Waals surface area contributed by atoms with Crippen LogP contribution in [0.3, 0.4) is 0 Å². The zero-order valence-electron chi connectivity index (χ0n) is 15.5. The first kappa shape index (κ1) is 18.0. The van der Waals surface area contributed by atoms with Crippen molar-refractivity contribution in [3.05, 3.63) is 89.7 Å². The molecule has 1 aliphatic heterocycles. The van der Waals surface area contributed by atoms with Crippen LogP contribution in [0, 0.1) is 0 Å². The molecule has 0 saturated carbocycles. The Balaban J connectivity index is 1.51. The van der Waals surface area contributed by atoms with E-state index in [2.05, 4.69) is 10.4 Å². The molecule has 1 saturated heterocycles. The minimum absolute atomic E-state index is 0.111. The summed E-state index contributed by atoms with van der Waals surface area (Å²) >= 11 is 0. The van der Waals surface area contributed by atoms with Crippen molar-refractivity contribution in [2.24, 2.45) is 0 Å². The van der Waals surface area contributed by atoms with Crippen molar-refractivity contribution in [3.8, 4) is 0 Å². The maximum atomic E-state index is 13.1. The van der Waals surface area contributed by atoms with E-state index in [0.29, 0.717) is 31.6 Å². The number of amides is 2. The summed E-state index contributed by atoms with van der Waals surface area (Å²) in [5.41, 5.74) is 2.65. The third-order valence-electron chi connectivity index (χ3n) is 4.93. The summed E-state index contributed by atoms with van der Waals surface area (Å²) in [6, 6.07) is 19.2. The second-order valence-corrected chi connectivity index (χ2v) is 6.91. The molecule has 142 valence electrons. The predicted octanol–water partition coefficient (Wildman–Crippen LogP) is 2.11. The van der Waals surface area contributed by atoms with E-state index >= 15 is 0 Å². The highest BCUT2D eigenvalue weighted by Crippen LogP contribution is 2.16. The molecule has 2 aromatic carbocycles. The van der Waals surface area contributed by atoms with Crippen molar-refractivity contribution >= 4 is 11.8 Å². The third-order valence-corrected chi connectivity index (χ3v) is 4.93. The molecule has 6 nitrogen and oxygen atoms in total. The molecular weight excluding hydrogens is 352 g/mol. The first-order chi connectivity index (χ1) is 13.7. The van der Waals surface area contributed by atoms with Crippen LogP contribution in [0.4, 0.5) is 0 Å². The zero-order chi connectivity index (χ0) is 19.3. The van der Waals surface area contributed by atoms with Crippen LogP contribution >= 0.6 is 0 Å². The van der Waals surface area contributed by atoms with E-state index in [9.17, 15) is 9.59 Å².